The van der Waals surface area contributed by atoms with Crippen LogP contribution in [0.5, 0.6) is 5.75 Å². The number of amides is 2. The summed E-state index contributed by atoms with van der Waals surface area (Å²) in [6.07, 6.45) is 3.31. The van der Waals surface area contributed by atoms with Crippen LogP contribution in [0.15, 0.2) is 60.9 Å². The summed E-state index contributed by atoms with van der Waals surface area (Å²) in [5, 5.41) is 12.6. The number of aromatic nitrogens is 2. The number of methoxy groups -OCH3 is 1. The molecule has 0 saturated carbocycles. The largest absolute Gasteiger partial charge is 0.497 e. The van der Waals surface area contributed by atoms with E-state index in [9.17, 15) is 14.7 Å². The van der Waals surface area contributed by atoms with Crippen molar-refractivity contribution in [3.8, 4) is 5.75 Å². The zero-order chi connectivity index (χ0) is 26.3. The van der Waals surface area contributed by atoms with Crippen LogP contribution in [0.1, 0.15) is 27.5 Å². The van der Waals surface area contributed by atoms with E-state index in [1.807, 2.05) is 0 Å². The highest BCUT2D eigenvalue weighted by atomic mass is 35.5. The number of hydrogen-bond donors (Lipinski definition) is 2. The fourth-order valence-corrected chi connectivity index (χ4v) is 4.69. The van der Waals surface area contributed by atoms with E-state index >= 15 is 8.78 Å². The van der Waals surface area contributed by atoms with Gasteiger partial charge in [0.05, 0.1) is 25.1 Å². The Morgan fingerprint density at radius 1 is 1.22 bits per heavy atom. The molecular formula is C26H21ClF2N4O4. The molecule has 1 aliphatic rings. The first-order chi connectivity index (χ1) is 17.8. The second kappa shape index (κ2) is 9.79. The van der Waals surface area contributed by atoms with Gasteiger partial charge in [0.15, 0.2) is 5.65 Å². The van der Waals surface area contributed by atoms with Crippen molar-refractivity contribution in [2.24, 2.45) is 0 Å². The van der Waals surface area contributed by atoms with Gasteiger partial charge in [0.1, 0.15) is 23.4 Å². The highest BCUT2D eigenvalue weighted by Gasteiger charge is 2.45. The van der Waals surface area contributed by atoms with E-state index in [-0.39, 0.29) is 30.0 Å². The van der Waals surface area contributed by atoms with Crippen molar-refractivity contribution < 1.29 is 28.2 Å². The number of carbonyl (C=O) groups excluding carboxylic acids is 2. The summed E-state index contributed by atoms with van der Waals surface area (Å²) in [5.41, 5.74) is 1.02. The third-order valence-electron chi connectivity index (χ3n) is 6.33. The molecule has 2 N–H and O–H groups in total. The van der Waals surface area contributed by atoms with E-state index < -0.39 is 35.4 Å². The molecule has 2 aromatic carbocycles. The molecule has 2 atom stereocenters. The van der Waals surface area contributed by atoms with Crippen molar-refractivity contribution in [3.63, 3.8) is 0 Å². The maximum absolute atomic E-state index is 15.2. The van der Waals surface area contributed by atoms with Gasteiger partial charge >= 0.3 is 0 Å². The Morgan fingerprint density at radius 2 is 1.92 bits per heavy atom. The molecule has 1 aliphatic heterocycles. The Bertz CT molecular complexity index is 1490. The van der Waals surface area contributed by atoms with Crippen molar-refractivity contribution in [2.45, 2.75) is 18.6 Å². The van der Waals surface area contributed by atoms with Gasteiger partial charge in [0.25, 0.3) is 5.91 Å². The predicted molar refractivity (Wildman–Crippen MR) is 132 cm³/mol. The molecule has 1 saturated heterocycles. The number of fused-ring (bicyclic) bond motifs is 1. The van der Waals surface area contributed by atoms with E-state index in [0.29, 0.717) is 22.1 Å². The van der Waals surface area contributed by atoms with E-state index in [4.69, 9.17) is 16.3 Å². The van der Waals surface area contributed by atoms with Gasteiger partial charge in [-0.25, -0.2) is 13.8 Å². The SMILES string of the molecule is COc1cc(F)c([C@@H]2CN(c3cccn4cc(CO)nc34)C(=O)[C@H]2NC(=O)c2ccc(Cl)cc2)c(F)c1. The summed E-state index contributed by atoms with van der Waals surface area (Å²) in [6, 6.07) is 10.1. The molecule has 4 aromatic rings. The van der Waals surface area contributed by atoms with Gasteiger partial charge in [-0.1, -0.05) is 11.6 Å². The molecule has 190 valence electrons. The molecule has 2 aromatic heterocycles. The second-order valence-electron chi connectivity index (χ2n) is 8.53. The van der Waals surface area contributed by atoms with Gasteiger partial charge in [-0.05, 0) is 36.4 Å². The first kappa shape index (κ1) is 24.7. The Labute approximate surface area is 215 Å². The maximum atomic E-state index is 15.2. The lowest BCUT2D eigenvalue weighted by molar-refractivity contribution is -0.118. The minimum atomic E-state index is -1.28. The molecule has 5 rings (SSSR count). The molecule has 1 fully saturated rings. The number of halogens is 3. The number of aliphatic hydroxyl groups excluding tert-OH is 1. The van der Waals surface area contributed by atoms with Crippen LogP contribution in [0, 0.1) is 11.6 Å². The summed E-state index contributed by atoms with van der Waals surface area (Å²) in [7, 11) is 1.29. The van der Waals surface area contributed by atoms with Crippen LogP contribution < -0.4 is 15.0 Å². The van der Waals surface area contributed by atoms with Crippen LogP contribution in [0.25, 0.3) is 5.65 Å². The molecule has 2 amide bonds. The third-order valence-corrected chi connectivity index (χ3v) is 6.58. The number of anilines is 1. The number of ether oxygens (including phenoxy) is 1. The predicted octanol–water partition coefficient (Wildman–Crippen LogP) is 3.70. The van der Waals surface area contributed by atoms with Crippen LogP contribution in [-0.2, 0) is 11.4 Å². The summed E-state index contributed by atoms with van der Waals surface area (Å²) in [5.74, 6) is -4.04. The van der Waals surface area contributed by atoms with Crippen LogP contribution in [-0.4, -0.2) is 46.0 Å². The first-order valence-corrected chi connectivity index (χ1v) is 11.7. The van der Waals surface area contributed by atoms with Crippen molar-refractivity contribution in [1.29, 1.82) is 0 Å². The van der Waals surface area contributed by atoms with E-state index in [1.54, 1.807) is 28.9 Å². The lowest BCUT2D eigenvalue weighted by Crippen LogP contribution is -2.44. The molecule has 0 radical (unpaired) electrons. The fourth-order valence-electron chi connectivity index (χ4n) is 4.56. The van der Waals surface area contributed by atoms with E-state index in [1.165, 1.54) is 36.3 Å². The summed E-state index contributed by atoms with van der Waals surface area (Å²) in [4.78, 5) is 32.4. The first-order valence-electron chi connectivity index (χ1n) is 11.3. The Balaban J connectivity index is 1.58. The molecule has 0 bridgehead atoms. The number of nitrogens with zero attached hydrogens (tertiary/aromatic N) is 3. The quantitative estimate of drug-likeness (QED) is 0.399. The molecule has 0 spiro atoms. The van der Waals surface area contributed by atoms with Gasteiger partial charge in [-0.3, -0.25) is 9.59 Å². The number of rotatable bonds is 6. The second-order valence-corrected chi connectivity index (χ2v) is 8.97. The molecule has 0 unspecified atom stereocenters. The molecule has 3 heterocycles. The minimum absolute atomic E-state index is 0.0136. The van der Waals surface area contributed by atoms with Crippen LogP contribution in [0.2, 0.25) is 5.02 Å². The Morgan fingerprint density at radius 3 is 2.57 bits per heavy atom. The molecular weight excluding hydrogens is 506 g/mol. The van der Waals surface area contributed by atoms with E-state index in [2.05, 4.69) is 10.3 Å². The number of imidazole rings is 1. The van der Waals surface area contributed by atoms with Crippen molar-refractivity contribution in [1.82, 2.24) is 14.7 Å². The Kier molecular flexibility index (Phi) is 6.53. The third kappa shape index (κ3) is 4.49. The van der Waals surface area contributed by atoms with Crippen LogP contribution in [0.4, 0.5) is 14.5 Å². The lowest BCUT2D eigenvalue weighted by atomic mass is 9.92. The van der Waals surface area contributed by atoms with Crippen molar-refractivity contribution in [3.05, 3.63) is 94.4 Å². The van der Waals surface area contributed by atoms with Gasteiger partial charge in [0.2, 0.25) is 5.91 Å². The van der Waals surface area contributed by atoms with Crippen LogP contribution in [0.3, 0.4) is 0 Å². The number of pyridine rings is 1. The number of hydrogen-bond acceptors (Lipinski definition) is 5. The van der Waals surface area contributed by atoms with E-state index in [0.717, 1.165) is 12.1 Å². The van der Waals surface area contributed by atoms with Gasteiger partial charge in [0, 0.05) is 53.1 Å². The number of carbonyl (C=O) groups is 2. The fraction of sp³-hybridized carbons (Fsp3) is 0.192. The number of nitrogens with one attached hydrogen (secondary N) is 1. The lowest BCUT2D eigenvalue weighted by Gasteiger charge is -2.20. The van der Waals surface area contributed by atoms with Crippen LogP contribution >= 0.6 is 11.6 Å². The minimum Gasteiger partial charge on any atom is -0.497 e. The standard InChI is InChI=1S/C26H21ClF2N4O4/c1-37-17-9-19(28)22(20(29)10-17)18-12-33(21-3-2-8-32-11-16(13-34)30-24(21)32)26(36)23(18)31-25(35)14-4-6-15(27)7-5-14/h2-11,18,23,34H,12-13H2,1H3,(H,31,35)/t18-,23-/m0/s1. The summed E-state index contributed by atoms with van der Waals surface area (Å²) >= 11 is 5.91. The maximum Gasteiger partial charge on any atom is 0.251 e. The molecule has 37 heavy (non-hydrogen) atoms. The van der Waals surface area contributed by atoms with Gasteiger partial charge < -0.3 is 24.5 Å². The molecule has 11 heteroatoms. The van der Waals surface area contributed by atoms with Crippen molar-refractivity contribution in [2.75, 3.05) is 18.6 Å². The number of aliphatic hydroxyl groups is 1. The average Bonchev–Trinajstić information content (AvgIpc) is 3.45. The summed E-state index contributed by atoms with van der Waals surface area (Å²) in [6.45, 7) is -0.439. The molecule has 0 aliphatic carbocycles. The highest BCUT2D eigenvalue weighted by molar-refractivity contribution is 6.30. The normalized spacial score (nSPS) is 17.4. The zero-order valence-electron chi connectivity index (χ0n) is 19.5. The Hall–Kier alpha value is -4.02. The smallest absolute Gasteiger partial charge is 0.251 e. The summed E-state index contributed by atoms with van der Waals surface area (Å²) < 4.78 is 36.9. The van der Waals surface area contributed by atoms with Gasteiger partial charge in [-0.2, -0.15) is 0 Å². The van der Waals surface area contributed by atoms with Gasteiger partial charge in [-0.15, -0.1) is 0 Å². The highest BCUT2D eigenvalue weighted by Crippen LogP contribution is 2.37. The number of benzene rings is 2. The molecule has 8 nitrogen and oxygen atoms in total. The monoisotopic (exact) mass is 526 g/mol. The average molecular weight is 527 g/mol. The zero-order valence-corrected chi connectivity index (χ0v) is 20.2. The topological polar surface area (TPSA) is 96.2 Å². The van der Waals surface area contributed by atoms with Crippen molar-refractivity contribution >= 4 is 34.7 Å².